The number of benzene rings is 2. The van der Waals surface area contributed by atoms with E-state index in [1.165, 1.54) is 12.8 Å². The van der Waals surface area contributed by atoms with E-state index in [-0.39, 0.29) is 12.0 Å². The predicted molar refractivity (Wildman–Crippen MR) is 128 cm³/mol. The molecule has 3 rings (SSSR count). The van der Waals surface area contributed by atoms with E-state index in [9.17, 15) is 8.96 Å². The summed E-state index contributed by atoms with van der Waals surface area (Å²) in [6.07, 6.45) is 7.26. The molecule has 0 radical (unpaired) electrons. The van der Waals surface area contributed by atoms with Crippen LogP contribution in [-0.4, -0.2) is 27.5 Å². The number of unbranched alkanes of at least 4 members (excludes halogenated alkanes) is 3. The summed E-state index contributed by atoms with van der Waals surface area (Å²) in [5.41, 5.74) is 4.38. The van der Waals surface area contributed by atoms with Gasteiger partial charge in [0.15, 0.2) is 0 Å². The second-order valence-electron chi connectivity index (χ2n) is 8.21. The van der Waals surface area contributed by atoms with Crippen molar-refractivity contribution in [3.63, 3.8) is 0 Å². The van der Waals surface area contributed by atoms with Crippen molar-refractivity contribution in [2.45, 2.75) is 52.0 Å². The van der Waals surface area contributed by atoms with Gasteiger partial charge in [-0.05, 0) is 60.2 Å². The fourth-order valence-electron chi connectivity index (χ4n) is 3.92. The summed E-state index contributed by atoms with van der Waals surface area (Å²) in [6.45, 7) is 3.22. The number of nitrogens with one attached hydrogen (secondary N) is 1. The fourth-order valence-corrected chi connectivity index (χ4v) is 4.49. The lowest BCUT2D eigenvalue weighted by molar-refractivity contribution is 0.371. The maximum absolute atomic E-state index is 14.8. The molecule has 3 N–H and O–H groups in total. The average Bonchev–Trinajstić information content (AvgIpc) is 2.76. The first-order valence-electron chi connectivity index (χ1n) is 11.3. The van der Waals surface area contributed by atoms with Crippen LogP contribution in [0, 0.1) is 5.82 Å². The Labute approximate surface area is 189 Å². The summed E-state index contributed by atoms with van der Waals surface area (Å²) in [7, 11) is -3.96. The van der Waals surface area contributed by atoms with Crippen LogP contribution in [-0.2, 0) is 17.5 Å². The van der Waals surface area contributed by atoms with E-state index < -0.39 is 7.60 Å². The number of pyridine rings is 1. The molecule has 0 spiro atoms. The van der Waals surface area contributed by atoms with Crippen molar-refractivity contribution in [1.29, 1.82) is 0 Å². The summed E-state index contributed by atoms with van der Waals surface area (Å²) in [5.74, 6) is -0.160. The zero-order chi connectivity index (χ0) is 23.0. The van der Waals surface area contributed by atoms with Gasteiger partial charge in [0.1, 0.15) is 5.82 Å². The van der Waals surface area contributed by atoms with Crippen LogP contribution in [0.15, 0.2) is 48.7 Å². The number of fused-ring (bicyclic) bond motifs is 1. The molecule has 32 heavy (non-hydrogen) atoms. The van der Waals surface area contributed by atoms with E-state index in [1.807, 2.05) is 36.4 Å². The average molecular weight is 459 g/mol. The van der Waals surface area contributed by atoms with Gasteiger partial charge in [0.2, 0.25) is 0 Å². The second kappa shape index (κ2) is 11.7. The van der Waals surface area contributed by atoms with Gasteiger partial charge < -0.3 is 15.1 Å². The second-order valence-corrected chi connectivity index (χ2v) is 9.98. The summed E-state index contributed by atoms with van der Waals surface area (Å²) in [6, 6.07) is 13.4. The molecule has 0 fully saturated rings. The van der Waals surface area contributed by atoms with Crippen LogP contribution >= 0.6 is 7.60 Å². The lowest BCUT2D eigenvalue weighted by Crippen LogP contribution is -2.16. The van der Waals surface area contributed by atoms with Gasteiger partial charge in [0.25, 0.3) is 0 Å². The lowest BCUT2D eigenvalue weighted by Gasteiger charge is -2.13. The molecular formula is C25H32FN2O3P. The monoisotopic (exact) mass is 458 g/mol. The molecule has 2 aromatic carbocycles. The maximum atomic E-state index is 14.8. The van der Waals surface area contributed by atoms with Gasteiger partial charge >= 0.3 is 7.60 Å². The van der Waals surface area contributed by atoms with Gasteiger partial charge in [-0.25, -0.2) is 4.39 Å². The number of hydrogen-bond donors (Lipinski definition) is 3. The zero-order valence-electron chi connectivity index (χ0n) is 18.6. The maximum Gasteiger partial charge on any atom is 0.325 e. The van der Waals surface area contributed by atoms with Gasteiger partial charge in [-0.15, -0.1) is 0 Å². The van der Waals surface area contributed by atoms with E-state index in [2.05, 4.69) is 17.2 Å². The largest absolute Gasteiger partial charge is 0.325 e. The summed E-state index contributed by atoms with van der Waals surface area (Å²) in [4.78, 5) is 22.5. The molecule has 3 aromatic rings. The van der Waals surface area contributed by atoms with Gasteiger partial charge in [-0.3, -0.25) is 9.55 Å². The smallest absolute Gasteiger partial charge is 0.324 e. The first-order valence-corrected chi connectivity index (χ1v) is 13.1. The standard InChI is InChI=1S/C25H32FN2O3P/c1-2-3-4-5-8-19-10-11-20(17-24(19)26)22-13-12-21(25-23(22)9-6-15-28-25)18-27-14-7-16-32(29,30)31/h6,9-13,15,17,27H,2-5,7-8,14,16,18H2,1H3,(H2,29,30,31). The highest BCUT2D eigenvalue weighted by atomic mass is 31.2. The van der Waals surface area contributed by atoms with Crippen molar-refractivity contribution in [3.8, 4) is 11.1 Å². The highest BCUT2D eigenvalue weighted by Gasteiger charge is 2.13. The Bertz CT molecular complexity index is 1080. The highest BCUT2D eigenvalue weighted by Crippen LogP contribution is 2.34. The summed E-state index contributed by atoms with van der Waals surface area (Å²) < 4.78 is 25.7. The SMILES string of the molecule is CCCCCCc1ccc(-c2ccc(CNCCCP(=O)(O)O)c3ncccc23)cc1F. The van der Waals surface area contributed by atoms with E-state index in [0.717, 1.165) is 52.4 Å². The molecule has 1 heterocycles. The summed E-state index contributed by atoms with van der Waals surface area (Å²) >= 11 is 0. The Morgan fingerprint density at radius 3 is 2.59 bits per heavy atom. The van der Waals surface area contributed by atoms with Crippen molar-refractivity contribution in [2.24, 2.45) is 0 Å². The quantitative estimate of drug-likeness (QED) is 0.235. The first kappa shape index (κ1) is 24.5. The van der Waals surface area contributed by atoms with E-state index in [4.69, 9.17) is 9.79 Å². The van der Waals surface area contributed by atoms with Crippen molar-refractivity contribution in [3.05, 3.63) is 65.6 Å². The minimum Gasteiger partial charge on any atom is -0.324 e. The molecular weight excluding hydrogens is 426 g/mol. The molecule has 7 heteroatoms. The molecule has 0 unspecified atom stereocenters. The van der Waals surface area contributed by atoms with Crippen LogP contribution in [0.5, 0.6) is 0 Å². The third kappa shape index (κ3) is 6.94. The molecule has 0 saturated carbocycles. The Morgan fingerprint density at radius 2 is 1.84 bits per heavy atom. The number of rotatable bonds is 12. The van der Waals surface area contributed by atoms with E-state index in [0.29, 0.717) is 19.5 Å². The third-order valence-electron chi connectivity index (χ3n) is 5.64. The van der Waals surface area contributed by atoms with Gasteiger partial charge in [-0.2, -0.15) is 0 Å². The Hall–Kier alpha value is -2.11. The molecule has 172 valence electrons. The van der Waals surface area contributed by atoms with Crippen LogP contribution in [0.2, 0.25) is 0 Å². The fraction of sp³-hybridized carbons (Fsp3) is 0.400. The van der Waals surface area contributed by atoms with Crippen LogP contribution < -0.4 is 5.32 Å². The lowest BCUT2D eigenvalue weighted by atomic mass is 9.96. The zero-order valence-corrected chi connectivity index (χ0v) is 19.5. The van der Waals surface area contributed by atoms with E-state index >= 15 is 0 Å². The summed E-state index contributed by atoms with van der Waals surface area (Å²) in [5, 5.41) is 4.18. The van der Waals surface area contributed by atoms with E-state index in [1.54, 1.807) is 12.3 Å². The molecule has 0 amide bonds. The Morgan fingerprint density at radius 1 is 1.03 bits per heavy atom. The normalized spacial score (nSPS) is 11.9. The van der Waals surface area contributed by atoms with Crippen molar-refractivity contribution >= 4 is 18.5 Å². The van der Waals surface area contributed by atoms with Crippen molar-refractivity contribution in [1.82, 2.24) is 10.3 Å². The van der Waals surface area contributed by atoms with Crippen LogP contribution in [0.4, 0.5) is 4.39 Å². The van der Waals surface area contributed by atoms with Crippen LogP contribution in [0.3, 0.4) is 0 Å². The van der Waals surface area contributed by atoms with Crippen molar-refractivity contribution in [2.75, 3.05) is 12.7 Å². The number of aryl methyl sites for hydroxylation is 1. The number of hydrogen-bond acceptors (Lipinski definition) is 3. The van der Waals surface area contributed by atoms with Gasteiger partial charge in [0.05, 0.1) is 11.7 Å². The molecule has 0 saturated heterocycles. The number of nitrogens with zero attached hydrogens (tertiary/aromatic N) is 1. The molecule has 0 aliphatic heterocycles. The predicted octanol–water partition coefficient (Wildman–Crippen LogP) is 5.82. The molecule has 5 nitrogen and oxygen atoms in total. The first-order chi connectivity index (χ1) is 15.4. The Kier molecular flexibility index (Phi) is 8.94. The minimum atomic E-state index is -3.96. The molecule has 0 aliphatic carbocycles. The molecule has 1 aromatic heterocycles. The minimum absolute atomic E-state index is 0.127. The van der Waals surface area contributed by atoms with Crippen molar-refractivity contribution < 1.29 is 18.7 Å². The molecule has 0 bridgehead atoms. The molecule has 0 aliphatic rings. The van der Waals surface area contributed by atoms with Gasteiger partial charge in [-0.1, -0.05) is 56.5 Å². The van der Waals surface area contributed by atoms with Gasteiger partial charge in [0, 0.05) is 18.1 Å². The third-order valence-corrected chi connectivity index (χ3v) is 6.53. The number of aromatic nitrogens is 1. The van der Waals surface area contributed by atoms with Crippen LogP contribution in [0.1, 0.15) is 50.2 Å². The topological polar surface area (TPSA) is 82.5 Å². The van der Waals surface area contributed by atoms with Crippen LogP contribution in [0.25, 0.3) is 22.0 Å². The number of halogens is 1. The molecule has 0 atom stereocenters. The highest BCUT2D eigenvalue weighted by molar-refractivity contribution is 7.51. The Balaban J connectivity index is 1.75.